The van der Waals surface area contributed by atoms with Gasteiger partial charge in [0.1, 0.15) is 24.2 Å². The molecule has 41 heavy (non-hydrogen) atoms. The summed E-state index contributed by atoms with van der Waals surface area (Å²) in [5, 5.41) is 2.86. The number of halogens is 5. The molecule has 1 aliphatic heterocycles. The predicted octanol–water partition coefficient (Wildman–Crippen LogP) is 5.89. The summed E-state index contributed by atoms with van der Waals surface area (Å²) in [5.41, 5.74) is 5.26. The molecule has 0 saturated heterocycles. The van der Waals surface area contributed by atoms with Gasteiger partial charge in [-0.1, -0.05) is 36.9 Å². The van der Waals surface area contributed by atoms with Crippen molar-refractivity contribution in [3.63, 3.8) is 0 Å². The SMILES string of the molecule is NC(=O)c1ccc(NC(=O)C(CC2CCC2)n2cc3c(cc2=O)-c2cc(Cl)ccc2C[C@@H](C(F)(F)F)CO3)cc1F. The van der Waals surface area contributed by atoms with Gasteiger partial charge in [-0.05, 0) is 60.2 Å². The van der Waals surface area contributed by atoms with E-state index in [0.717, 1.165) is 36.0 Å². The molecule has 3 N–H and O–H groups in total. The molecule has 0 spiro atoms. The lowest BCUT2D eigenvalue weighted by atomic mass is 9.80. The molecule has 1 fully saturated rings. The lowest BCUT2D eigenvalue weighted by Gasteiger charge is -2.31. The van der Waals surface area contributed by atoms with E-state index in [1.165, 1.54) is 36.5 Å². The van der Waals surface area contributed by atoms with Gasteiger partial charge in [0.15, 0.2) is 0 Å². The van der Waals surface area contributed by atoms with Gasteiger partial charge in [-0.3, -0.25) is 19.0 Å². The minimum Gasteiger partial charge on any atom is -0.491 e. The van der Waals surface area contributed by atoms with Gasteiger partial charge in [-0.2, -0.15) is 13.2 Å². The summed E-state index contributed by atoms with van der Waals surface area (Å²) in [5.74, 6) is -4.18. The topological polar surface area (TPSA) is 103 Å². The van der Waals surface area contributed by atoms with Gasteiger partial charge in [0.05, 0.1) is 17.7 Å². The van der Waals surface area contributed by atoms with Crippen LogP contribution in [0, 0.1) is 17.7 Å². The quantitative estimate of drug-likeness (QED) is 0.349. The zero-order chi connectivity index (χ0) is 29.5. The molecule has 216 valence electrons. The van der Waals surface area contributed by atoms with E-state index in [2.05, 4.69) is 5.32 Å². The second-order valence-electron chi connectivity index (χ2n) is 10.4. The first-order chi connectivity index (χ1) is 19.4. The number of carbonyl (C=O) groups excluding carboxylic acids is 2. The molecular weight excluding hydrogens is 566 g/mol. The van der Waals surface area contributed by atoms with E-state index >= 15 is 0 Å². The average molecular weight is 592 g/mol. The van der Waals surface area contributed by atoms with Crippen LogP contribution in [0.25, 0.3) is 11.1 Å². The zero-order valence-corrected chi connectivity index (χ0v) is 22.4. The number of anilines is 1. The van der Waals surface area contributed by atoms with Gasteiger partial charge in [0, 0.05) is 22.3 Å². The fourth-order valence-electron chi connectivity index (χ4n) is 5.21. The molecule has 2 heterocycles. The maximum Gasteiger partial charge on any atom is 0.395 e. The van der Waals surface area contributed by atoms with E-state index in [0.29, 0.717) is 11.1 Å². The van der Waals surface area contributed by atoms with Crippen molar-refractivity contribution >= 4 is 29.1 Å². The summed E-state index contributed by atoms with van der Waals surface area (Å²) in [6.45, 7) is -0.679. The predicted molar refractivity (Wildman–Crippen MR) is 144 cm³/mol. The number of nitrogens with one attached hydrogen (secondary N) is 1. The van der Waals surface area contributed by atoms with E-state index in [1.807, 2.05) is 0 Å². The lowest BCUT2D eigenvalue weighted by Crippen LogP contribution is -2.36. The van der Waals surface area contributed by atoms with Crippen LogP contribution >= 0.6 is 11.6 Å². The van der Waals surface area contributed by atoms with Gasteiger partial charge in [-0.15, -0.1) is 0 Å². The van der Waals surface area contributed by atoms with Crippen LogP contribution in [0.2, 0.25) is 5.02 Å². The van der Waals surface area contributed by atoms with Gasteiger partial charge in [-0.25, -0.2) is 4.39 Å². The largest absolute Gasteiger partial charge is 0.491 e. The molecule has 0 bridgehead atoms. The van der Waals surface area contributed by atoms with Crippen LogP contribution in [0.1, 0.15) is 47.6 Å². The van der Waals surface area contributed by atoms with E-state index in [4.69, 9.17) is 22.1 Å². The Morgan fingerprint density at radius 1 is 1.12 bits per heavy atom. The van der Waals surface area contributed by atoms with Crippen LogP contribution in [-0.2, 0) is 11.2 Å². The van der Waals surface area contributed by atoms with Crippen LogP contribution in [0.4, 0.5) is 23.2 Å². The number of ether oxygens (including phenoxy) is 1. The molecule has 2 aromatic carbocycles. The second-order valence-corrected chi connectivity index (χ2v) is 10.9. The molecule has 12 heteroatoms. The number of hydrogen-bond donors (Lipinski definition) is 2. The van der Waals surface area contributed by atoms with Crippen molar-refractivity contribution in [3.05, 3.63) is 81.0 Å². The third kappa shape index (κ3) is 6.09. The molecule has 2 amide bonds. The Bertz CT molecular complexity index is 1570. The number of pyridine rings is 1. The van der Waals surface area contributed by atoms with E-state index in [9.17, 15) is 31.9 Å². The fourth-order valence-corrected chi connectivity index (χ4v) is 5.38. The number of fused-ring (bicyclic) bond motifs is 3. The molecule has 5 rings (SSSR count). The van der Waals surface area contributed by atoms with Gasteiger partial charge in [0.2, 0.25) is 5.91 Å². The first-order valence-electron chi connectivity index (χ1n) is 13.1. The smallest absolute Gasteiger partial charge is 0.395 e. The van der Waals surface area contributed by atoms with Gasteiger partial charge < -0.3 is 15.8 Å². The van der Waals surface area contributed by atoms with Crippen molar-refractivity contribution in [1.29, 1.82) is 0 Å². The van der Waals surface area contributed by atoms with Crippen molar-refractivity contribution in [1.82, 2.24) is 4.57 Å². The van der Waals surface area contributed by atoms with Crippen LogP contribution in [0.3, 0.4) is 0 Å². The minimum atomic E-state index is -4.53. The van der Waals surface area contributed by atoms with E-state index in [1.54, 1.807) is 0 Å². The fraction of sp³-hybridized carbons (Fsp3) is 0.345. The molecule has 0 radical (unpaired) electrons. The Morgan fingerprint density at radius 2 is 1.88 bits per heavy atom. The second kappa shape index (κ2) is 11.2. The number of alkyl halides is 3. The molecule has 1 saturated carbocycles. The number of rotatable bonds is 6. The number of nitrogens with zero attached hydrogens (tertiary/aromatic N) is 1. The number of hydrogen-bond acceptors (Lipinski definition) is 4. The Morgan fingerprint density at radius 3 is 2.51 bits per heavy atom. The molecule has 2 aliphatic rings. The van der Waals surface area contributed by atoms with Crippen LogP contribution < -0.4 is 21.3 Å². The van der Waals surface area contributed by atoms with Crippen molar-refractivity contribution in [3.8, 4) is 16.9 Å². The lowest BCUT2D eigenvalue weighted by molar-refractivity contribution is -0.181. The number of amides is 2. The monoisotopic (exact) mass is 591 g/mol. The molecule has 1 aromatic heterocycles. The van der Waals surface area contributed by atoms with E-state index < -0.39 is 47.9 Å². The number of aromatic nitrogens is 1. The Kier molecular flexibility index (Phi) is 7.83. The summed E-state index contributed by atoms with van der Waals surface area (Å²) in [6, 6.07) is 8.06. The van der Waals surface area contributed by atoms with Crippen LogP contribution in [-0.4, -0.2) is 29.2 Å². The van der Waals surface area contributed by atoms with Gasteiger partial charge in [0.25, 0.3) is 11.5 Å². The molecule has 1 unspecified atom stereocenters. The summed E-state index contributed by atoms with van der Waals surface area (Å²) < 4.78 is 62.6. The molecule has 1 aliphatic carbocycles. The molecule has 2 atom stereocenters. The van der Waals surface area contributed by atoms with Crippen molar-refractivity contribution in [2.24, 2.45) is 17.6 Å². The average Bonchev–Trinajstić information content (AvgIpc) is 2.85. The number of nitrogens with two attached hydrogens (primary N) is 1. The highest BCUT2D eigenvalue weighted by Crippen LogP contribution is 2.41. The van der Waals surface area contributed by atoms with Crippen molar-refractivity contribution < 1.29 is 31.9 Å². The normalized spacial score (nSPS) is 17.6. The minimum absolute atomic E-state index is 0.00494. The maximum atomic E-state index is 14.3. The summed E-state index contributed by atoms with van der Waals surface area (Å²) in [7, 11) is 0. The van der Waals surface area contributed by atoms with Crippen LogP contribution in [0.5, 0.6) is 5.75 Å². The summed E-state index contributed by atoms with van der Waals surface area (Å²) in [6.07, 6.45) is -0.675. The first kappa shape index (κ1) is 28.7. The number of benzene rings is 2. The Labute approximate surface area is 237 Å². The summed E-state index contributed by atoms with van der Waals surface area (Å²) >= 11 is 6.17. The molecular formula is C29H26ClF4N3O4. The standard InChI is InChI=1S/C29H26ClF4N3O4/c30-18-5-4-16-9-17(29(32,33)34)14-41-25-13-37(26(38)12-22(25)21(16)10-18)24(8-15-2-1-3-15)28(40)36-19-6-7-20(27(35)39)23(31)11-19/h4-7,10-13,15,17,24H,1-3,8-9,14H2,(H2,35,39)(H,36,40)/t17-,24?/m1/s1. The molecule has 7 nitrogen and oxygen atoms in total. The zero-order valence-electron chi connectivity index (χ0n) is 21.6. The number of primary amides is 1. The molecule has 3 aromatic rings. The highest BCUT2D eigenvalue weighted by atomic mass is 35.5. The highest BCUT2D eigenvalue weighted by Gasteiger charge is 2.41. The highest BCUT2D eigenvalue weighted by molar-refractivity contribution is 6.30. The van der Waals surface area contributed by atoms with Crippen molar-refractivity contribution in [2.45, 2.75) is 44.3 Å². The summed E-state index contributed by atoms with van der Waals surface area (Å²) in [4.78, 5) is 38.3. The van der Waals surface area contributed by atoms with Crippen LogP contribution in [0.15, 0.2) is 53.5 Å². The first-order valence-corrected chi connectivity index (χ1v) is 13.4. The maximum absolute atomic E-state index is 14.3. The van der Waals surface area contributed by atoms with E-state index in [-0.39, 0.29) is 46.3 Å². The van der Waals surface area contributed by atoms with Gasteiger partial charge >= 0.3 is 6.18 Å². The Hall–Kier alpha value is -3.86. The van der Waals surface area contributed by atoms with Crippen molar-refractivity contribution in [2.75, 3.05) is 11.9 Å². The third-order valence-corrected chi connectivity index (χ3v) is 7.93. The number of carbonyl (C=O) groups is 2. The third-order valence-electron chi connectivity index (χ3n) is 7.70. The Balaban J connectivity index is 1.55.